The molecule has 1 aliphatic rings. The van der Waals surface area contributed by atoms with E-state index >= 15 is 0 Å². The molecule has 0 spiro atoms. The average molecular weight is 318 g/mol. The Labute approximate surface area is 140 Å². The molecule has 0 saturated carbocycles. The van der Waals surface area contributed by atoms with Crippen LogP contribution in [0.3, 0.4) is 0 Å². The van der Waals surface area contributed by atoms with Crippen molar-refractivity contribution in [3.63, 3.8) is 0 Å². The van der Waals surface area contributed by atoms with Crippen LogP contribution in [-0.4, -0.2) is 24.3 Å². The molecule has 2 unspecified atom stereocenters. The number of nitrogens with one attached hydrogen (secondary N) is 2. The molecule has 128 valence electrons. The molecule has 23 heavy (non-hydrogen) atoms. The van der Waals surface area contributed by atoms with Gasteiger partial charge in [0.2, 0.25) is 0 Å². The Bertz CT molecular complexity index is 549. The molecule has 0 radical (unpaired) electrons. The van der Waals surface area contributed by atoms with E-state index in [2.05, 4.69) is 35.8 Å². The highest BCUT2D eigenvalue weighted by Gasteiger charge is 2.18. The summed E-state index contributed by atoms with van der Waals surface area (Å²) in [6.07, 6.45) is 3.33. The van der Waals surface area contributed by atoms with Crippen LogP contribution in [-0.2, 0) is 17.6 Å². The first-order valence-corrected chi connectivity index (χ1v) is 8.59. The fraction of sp³-hybridized carbons (Fsp3) is 0.632. The Morgan fingerprint density at radius 2 is 1.91 bits per heavy atom. The Morgan fingerprint density at radius 1 is 1.22 bits per heavy atom. The van der Waals surface area contributed by atoms with Crippen LogP contribution in [0.5, 0.6) is 0 Å². The average Bonchev–Trinajstić information content (AvgIpc) is 2.89. The van der Waals surface area contributed by atoms with Crippen LogP contribution in [0.1, 0.15) is 63.8 Å². The Hall–Kier alpha value is -1.55. The number of carbonyl (C=O) groups excluding carboxylic acids is 1. The zero-order valence-corrected chi connectivity index (χ0v) is 15.0. The molecule has 2 atom stereocenters. The molecule has 4 heteroatoms. The number of rotatable bonds is 5. The number of fused-ring (bicyclic) bond motifs is 1. The van der Waals surface area contributed by atoms with E-state index in [1.807, 2.05) is 27.7 Å². The minimum Gasteiger partial charge on any atom is -0.444 e. The summed E-state index contributed by atoms with van der Waals surface area (Å²) in [6.45, 7) is 10.4. The predicted octanol–water partition coefficient (Wildman–Crippen LogP) is 3.74. The summed E-state index contributed by atoms with van der Waals surface area (Å²) < 4.78 is 5.27. The second-order valence-electron chi connectivity index (χ2n) is 7.56. The molecule has 0 bridgehead atoms. The normalized spacial score (nSPS) is 16.6. The number of aryl methyl sites for hydroxylation is 2. The number of benzene rings is 1. The third kappa shape index (κ3) is 5.54. The van der Waals surface area contributed by atoms with Crippen molar-refractivity contribution < 1.29 is 9.53 Å². The van der Waals surface area contributed by atoms with Crippen LogP contribution < -0.4 is 10.6 Å². The number of amides is 1. The highest BCUT2D eigenvalue weighted by Crippen LogP contribution is 2.25. The minimum atomic E-state index is -0.463. The van der Waals surface area contributed by atoms with E-state index in [-0.39, 0.29) is 18.2 Å². The van der Waals surface area contributed by atoms with Gasteiger partial charge in [-0.15, -0.1) is 0 Å². The van der Waals surface area contributed by atoms with E-state index in [0.717, 1.165) is 0 Å². The largest absolute Gasteiger partial charge is 0.444 e. The molecule has 1 aromatic rings. The predicted molar refractivity (Wildman–Crippen MR) is 93.7 cm³/mol. The summed E-state index contributed by atoms with van der Waals surface area (Å²) in [7, 11) is 0. The maximum Gasteiger partial charge on any atom is 0.407 e. The number of hydrogen-bond acceptors (Lipinski definition) is 3. The van der Waals surface area contributed by atoms with E-state index in [1.165, 1.54) is 36.0 Å². The van der Waals surface area contributed by atoms with E-state index in [9.17, 15) is 4.79 Å². The van der Waals surface area contributed by atoms with Crippen molar-refractivity contribution in [2.45, 2.75) is 71.6 Å². The lowest BCUT2D eigenvalue weighted by Crippen LogP contribution is -2.43. The molecule has 0 aromatic heterocycles. The van der Waals surface area contributed by atoms with E-state index < -0.39 is 5.60 Å². The molecule has 0 fully saturated rings. The molecule has 4 nitrogen and oxygen atoms in total. The fourth-order valence-corrected chi connectivity index (χ4v) is 2.89. The molecular formula is C19H30N2O2. The van der Waals surface area contributed by atoms with Gasteiger partial charge < -0.3 is 15.4 Å². The van der Waals surface area contributed by atoms with Crippen LogP contribution in [0.4, 0.5) is 4.79 Å². The maximum absolute atomic E-state index is 11.8. The lowest BCUT2D eigenvalue weighted by molar-refractivity contribution is 0.0507. The van der Waals surface area contributed by atoms with Crippen molar-refractivity contribution in [1.29, 1.82) is 0 Å². The molecule has 0 saturated heterocycles. The van der Waals surface area contributed by atoms with Crippen molar-refractivity contribution in [1.82, 2.24) is 10.6 Å². The smallest absolute Gasteiger partial charge is 0.407 e. The molecule has 0 aliphatic heterocycles. The third-order valence-electron chi connectivity index (χ3n) is 4.12. The standard InChI is InChI=1S/C19H30N2O2/c1-13(21-18(22)23-19(3,4)5)12-20-14(2)16-10-9-15-7-6-8-17(15)11-16/h9-11,13-14,20H,6-8,12H2,1-5H3,(H,21,22). The first-order chi connectivity index (χ1) is 10.7. The van der Waals surface area contributed by atoms with Crippen molar-refractivity contribution >= 4 is 6.09 Å². The molecule has 1 amide bonds. The van der Waals surface area contributed by atoms with Crippen LogP contribution in [0.15, 0.2) is 18.2 Å². The molecule has 1 aromatic carbocycles. The van der Waals surface area contributed by atoms with Crippen LogP contribution in [0.2, 0.25) is 0 Å². The Morgan fingerprint density at radius 3 is 2.61 bits per heavy atom. The van der Waals surface area contributed by atoms with Crippen LogP contribution in [0.25, 0.3) is 0 Å². The summed E-state index contributed by atoms with van der Waals surface area (Å²) in [5.41, 5.74) is 3.85. The van der Waals surface area contributed by atoms with E-state index in [0.29, 0.717) is 6.54 Å². The van der Waals surface area contributed by atoms with E-state index in [1.54, 1.807) is 0 Å². The zero-order valence-electron chi connectivity index (χ0n) is 15.0. The van der Waals surface area contributed by atoms with Crippen molar-refractivity contribution in [2.75, 3.05) is 6.54 Å². The topological polar surface area (TPSA) is 50.4 Å². The zero-order chi connectivity index (χ0) is 17.0. The van der Waals surface area contributed by atoms with Gasteiger partial charge in [-0.2, -0.15) is 0 Å². The van der Waals surface area contributed by atoms with Crippen LogP contribution in [0, 0.1) is 0 Å². The second kappa shape index (κ2) is 7.35. The first kappa shape index (κ1) is 17.8. The quantitative estimate of drug-likeness (QED) is 0.869. The maximum atomic E-state index is 11.8. The monoisotopic (exact) mass is 318 g/mol. The third-order valence-corrected chi connectivity index (χ3v) is 4.12. The number of ether oxygens (including phenoxy) is 1. The van der Waals surface area contributed by atoms with Crippen molar-refractivity contribution in [2.24, 2.45) is 0 Å². The first-order valence-electron chi connectivity index (χ1n) is 8.59. The lowest BCUT2D eigenvalue weighted by atomic mass is 10.0. The van der Waals surface area contributed by atoms with Crippen molar-refractivity contribution in [3.8, 4) is 0 Å². The van der Waals surface area contributed by atoms with Crippen LogP contribution >= 0.6 is 0 Å². The van der Waals surface area contributed by atoms with Gasteiger partial charge in [0.25, 0.3) is 0 Å². The summed E-state index contributed by atoms with van der Waals surface area (Å²) in [5, 5.41) is 6.35. The van der Waals surface area contributed by atoms with Gasteiger partial charge in [-0.1, -0.05) is 18.2 Å². The Kier molecular flexibility index (Phi) is 5.69. The summed E-state index contributed by atoms with van der Waals surface area (Å²) >= 11 is 0. The van der Waals surface area contributed by atoms with Gasteiger partial charge in [0.05, 0.1) is 0 Å². The minimum absolute atomic E-state index is 0.0155. The summed E-state index contributed by atoms with van der Waals surface area (Å²) in [6, 6.07) is 7.09. The highest BCUT2D eigenvalue weighted by molar-refractivity contribution is 5.68. The van der Waals surface area contributed by atoms with Gasteiger partial charge in [0, 0.05) is 18.6 Å². The molecule has 0 heterocycles. The van der Waals surface area contributed by atoms with Gasteiger partial charge >= 0.3 is 6.09 Å². The summed E-state index contributed by atoms with van der Waals surface area (Å²) in [5.74, 6) is 0. The van der Waals surface area contributed by atoms with Gasteiger partial charge in [-0.3, -0.25) is 0 Å². The SMILES string of the molecule is CC(CNC(C)c1ccc2c(c1)CCC2)NC(=O)OC(C)(C)C. The summed E-state index contributed by atoms with van der Waals surface area (Å²) in [4.78, 5) is 11.8. The Balaban J connectivity index is 1.79. The molecule has 1 aliphatic carbocycles. The number of alkyl carbamates (subject to hydrolysis) is 1. The fourth-order valence-electron chi connectivity index (χ4n) is 2.89. The van der Waals surface area contributed by atoms with Gasteiger partial charge in [-0.25, -0.2) is 4.79 Å². The number of carbonyl (C=O) groups is 1. The van der Waals surface area contributed by atoms with Gasteiger partial charge in [0.1, 0.15) is 5.60 Å². The van der Waals surface area contributed by atoms with Crippen molar-refractivity contribution in [3.05, 3.63) is 34.9 Å². The van der Waals surface area contributed by atoms with Gasteiger partial charge in [-0.05, 0) is 70.6 Å². The number of hydrogen-bond donors (Lipinski definition) is 2. The highest BCUT2D eigenvalue weighted by atomic mass is 16.6. The molecule has 2 N–H and O–H groups in total. The molecular weight excluding hydrogens is 288 g/mol. The second-order valence-corrected chi connectivity index (χ2v) is 7.56. The van der Waals surface area contributed by atoms with Gasteiger partial charge in [0.15, 0.2) is 0 Å². The lowest BCUT2D eigenvalue weighted by Gasteiger charge is -2.23. The van der Waals surface area contributed by atoms with E-state index in [4.69, 9.17) is 4.74 Å². The molecule has 2 rings (SSSR count).